The van der Waals surface area contributed by atoms with Crippen LogP contribution >= 0.6 is 0 Å². The predicted octanol–water partition coefficient (Wildman–Crippen LogP) is 3.54. The van der Waals surface area contributed by atoms with E-state index in [1.54, 1.807) is 0 Å². The lowest BCUT2D eigenvalue weighted by Crippen LogP contribution is -2.40. The molecule has 0 radical (unpaired) electrons. The third-order valence-electron chi connectivity index (χ3n) is 4.61. The van der Waals surface area contributed by atoms with E-state index < -0.39 is 5.60 Å². The highest BCUT2D eigenvalue weighted by molar-refractivity contribution is 5.74. The third kappa shape index (κ3) is 1.70. The molecule has 2 fully saturated rings. The van der Waals surface area contributed by atoms with Crippen molar-refractivity contribution in [1.82, 2.24) is 4.90 Å². The molecule has 0 unspecified atom stereocenters. The smallest absolute Gasteiger partial charge is 0.411 e. The van der Waals surface area contributed by atoms with Gasteiger partial charge < -0.3 is 9.64 Å². The van der Waals surface area contributed by atoms with Crippen LogP contribution in [-0.4, -0.2) is 23.6 Å². The SMILES string of the molecule is O=C1OC(c2ccccc2)(c2ccccc2)[C@@H]2CCCN12. The van der Waals surface area contributed by atoms with Crippen molar-refractivity contribution in [3.05, 3.63) is 71.8 Å². The van der Waals surface area contributed by atoms with E-state index in [0.717, 1.165) is 30.5 Å². The van der Waals surface area contributed by atoms with Gasteiger partial charge in [0.05, 0.1) is 6.04 Å². The van der Waals surface area contributed by atoms with E-state index in [0.29, 0.717) is 0 Å². The molecule has 0 spiro atoms. The minimum absolute atomic E-state index is 0.0924. The van der Waals surface area contributed by atoms with Gasteiger partial charge in [0.1, 0.15) is 0 Å². The summed E-state index contributed by atoms with van der Waals surface area (Å²) in [6.07, 6.45) is 1.83. The fourth-order valence-corrected chi connectivity index (χ4v) is 3.71. The lowest BCUT2D eigenvalue weighted by atomic mass is 9.79. The van der Waals surface area contributed by atoms with E-state index in [-0.39, 0.29) is 12.1 Å². The molecule has 0 bridgehead atoms. The number of amides is 1. The molecule has 0 aromatic heterocycles. The highest BCUT2D eigenvalue weighted by atomic mass is 16.6. The van der Waals surface area contributed by atoms with Gasteiger partial charge in [0.25, 0.3) is 0 Å². The van der Waals surface area contributed by atoms with Gasteiger partial charge >= 0.3 is 6.09 Å². The first kappa shape index (κ1) is 12.5. The van der Waals surface area contributed by atoms with Gasteiger partial charge in [-0.15, -0.1) is 0 Å². The van der Waals surface area contributed by atoms with E-state index in [2.05, 4.69) is 24.3 Å². The van der Waals surface area contributed by atoms with E-state index in [1.807, 2.05) is 41.3 Å². The first-order valence-electron chi connectivity index (χ1n) is 7.43. The van der Waals surface area contributed by atoms with Gasteiger partial charge in [-0.3, -0.25) is 0 Å². The van der Waals surface area contributed by atoms with Crippen LogP contribution in [0.25, 0.3) is 0 Å². The van der Waals surface area contributed by atoms with Crippen LogP contribution in [0, 0.1) is 0 Å². The van der Waals surface area contributed by atoms with Crippen LogP contribution in [0.3, 0.4) is 0 Å². The van der Waals surface area contributed by atoms with Crippen molar-refractivity contribution in [3.8, 4) is 0 Å². The fourth-order valence-electron chi connectivity index (χ4n) is 3.71. The second kappa shape index (κ2) is 4.62. The van der Waals surface area contributed by atoms with Crippen molar-refractivity contribution in [2.75, 3.05) is 6.54 Å². The molecule has 2 aromatic rings. The minimum Gasteiger partial charge on any atom is -0.431 e. The summed E-state index contributed by atoms with van der Waals surface area (Å²) in [5, 5.41) is 0. The van der Waals surface area contributed by atoms with Crippen LogP contribution in [0.15, 0.2) is 60.7 Å². The molecule has 106 valence electrons. The number of benzene rings is 2. The Labute approximate surface area is 124 Å². The molecule has 0 aliphatic carbocycles. The molecule has 3 heteroatoms. The van der Waals surface area contributed by atoms with Crippen molar-refractivity contribution in [3.63, 3.8) is 0 Å². The Kier molecular flexibility index (Phi) is 2.74. The zero-order chi connectivity index (χ0) is 14.3. The highest BCUT2D eigenvalue weighted by Gasteiger charge is 2.57. The van der Waals surface area contributed by atoms with Crippen molar-refractivity contribution in [1.29, 1.82) is 0 Å². The van der Waals surface area contributed by atoms with Gasteiger partial charge in [0.2, 0.25) is 0 Å². The Morgan fingerprint density at radius 1 is 0.952 bits per heavy atom. The average molecular weight is 279 g/mol. The van der Waals surface area contributed by atoms with Crippen molar-refractivity contribution < 1.29 is 9.53 Å². The zero-order valence-corrected chi connectivity index (χ0v) is 11.7. The minimum atomic E-state index is -0.671. The van der Waals surface area contributed by atoms with Crippen LogP contribution in [0.4, 0.5) is 4.79 Å². The van der Waals surface area contributed by atoms with Gasteiger partial charge in [-0.05, 0) is 12.8 Å². The van der Waals surface area contributed by atoms with E-state index in [1.165, 1.54) is 0 Å². The Balaban J connectivity index is 1.94. The predicted molar refractivity (Wildman–Crippen MR) is 79.9 cm³/mol. The van der Waals surface area contributed by atoms with Crippen molar-refractivity contribution >= 4 is 6.09 Å². The molecule has 1 amide bonds. The molecule has 0 N–H and O–H groups in total. The second-order valence-electron chi connectivity index (χ2n) is 5.69. The molecule has 1 atom stereocenters. The van der Waals surface area contributed by atoms with Crippen LogP contribution in [0.5, 0.6) is 0 Å². The molecule has 2 aliphatic heterocycles. The first-order valence-corrected chi connectivity index (χ1v) is 7.43. The number of carbonyl (C=O) groups is 1. The summed E-state index contributed by atoms with van der Waals surface area (Å²) in [5.41, 5.74) is 1.44. The monoisotopic (exact) mass is 279 g/mol. The maximum Gasteiger partial charge on any atom is 0.411 e. The molecular formula is C18H17NO2. The summed E-state index contributed by atoms with van der Waals surface area (Å²) >= 11 is 0. The summed E-state index contributed by atoms with van der Waals surface area (Å²) in [4.78, 5) is 14.2. The molecule has 4 rings (SSSR count). The van der Waals surface area contributed by atoms with Crippen LogP contribution in [0.2, 0.25) is 0 Å². The molecule has 2 aliphatic rings. The van der Waals surface area contributed by atoms with Gasteiger partial charge in [-0.1, -0.05) is 60.7 Å². The number of carbonyl (C=O) groups excluding carboxylic acids is 1. The number of fused-ring (bicyclic) bond motifs is 1. The summed E-state index contributed by atoms with van der Waals surface area (Å²) < 4.78 is 5.98. The largest absolute Gasteiger partial charge is 0.431 e. The van der Waals surface area contributed by atoms with Crippen LogP contribution in [-0.2, 0) is 10.3 Å². The summed E-state index contributed by atoms with van der Waals surface area (Å²) in [6, 6.07) is 20.3. The number of cyclic esters (lactones) is 1. The zero-order valence-electron chi connectivity index (χ0n) is 11.7. The number of rotatable bonds is 2. The number of hydrogen-bond acceptors (Lipinski definition) is 2. The Morgan fingerprint density at radius 3 is 2.10 bits per heavy atom. The molecule has 21 heavy (non-hydrogen) atoms. The van der Waals surface area contributed by atoms with Crippen molar-refractivity contribution in [2.45, 2.75) is 24.5 Å². The third-order valence-corrected chi connectivity index (χ3v) is 4.61. The molecule has 3 nitrogen and oxygen atoms in total. The molecule has 2 heterocycles. The van der Waals surface area contributed by atoms with E-state index in [9.17, 15) is 4.79 Å². The van der Waals surface area contributed by atoms with Gasteiger partial charge in [-0.25, -0.2) is 4.79 Å². The maximum absolute atomic E-state index is 12.3. The van der Waals surface area contributed by atoms with Crippen LogP contribution in [0.1, 0.15) is 24.0 Å². The summed E-state index contributed by atoms with van der Waals surface area (Å²) in [7, 11) is 0. The Morgan fingerprint density at radius 2 is 1.52 bits per heavy atom. The molecule has 2 saturated heterocycles. The molecule has 0 saturated carbocycles. The summed E-state index contributed by atoms with van der Waals surface area (Å²) in [6.45, 7) is 0.797. The van der Waals surface area contributed by atoms with Crippen LogP contribution < -0.4 is 0 Å². The maximum atomic E-state index is 12.3. The first-order chi connectivity index (χ1) is 10.3. The number of hydrogen-bond donors (Lipinski definition) is 0. The molecule has 2 aromatic carbocycles. The Bertz CT molecular complexity index is 614. The number of nitrogens with zero attached hydrogens (tertiary/aromatic N) is 1. The lowest BCUT2D eigenvalue weighted by Gasteiger charge is -2.33. The second-order valence-corrected chi connectivity index (χ2v) is 5.69. The van der Waals surface area contributed by atoms with Gasteiger partial charge in [0, 0.05) is 17.7 Å². The normalized spacial score (nSPS) is 23.0. The van der Waals surface area contributed by atoms with Gasteiger partial charge in [0.15, 0.2) is 5.60 Å². The standard InChI is InChI=1S/C18H17NO2/c20-17-19-13-7-12-16(19)18(21-17,14-8-3-1-4-9-14)15-10-5-2-6-11-15/h1-6,8-11,16H,7,12-13H2/t16-/m0/s1. The highest BCUT2D eigenvalue weighted by Crippen LogP contribution is 2.48. The van der Waals surface area contributed by atoms with Gasteiger partial charge in [-0.2, -0.15) is 0 Å². The summed E-state index contributed by atoms with van der Waals surface area (Å²) in [5.74, 6) is 0. The molecular weight excluding hydrogens is 262 g/mol. The lowest BCUT2D eigenvalue weighted by molar-refractivity contribution is 0.0670. The Hall–Kier alpha value is -2.29. The average Bonchev–Trinajstić information content (AvgIpc) is 3.13. The fraction of sp³-hybridized carbons (Fsp3) is 0.278. The van der Waals surface area contributed by atoms with E-state index in [4.69, 9.17) is 4.74 Å². The number of ether oxygens (including phenoxy) is 1. The quantitative estimate of drug-likeness (QED) is 0.841. The van der Waals surface area contributed by atoms with E-state index >= 15 is 0 Å². The van der Waals surface area contributed by atoms with Crippen molar-refractivity contribution in [2.24, 2.45) is 0 Å². The topological polar surface area (TPSA) is 29.5 Å².